The first-order chi connectivity index (χ1) is 10.6. The number of amides is 2. The summed E-state index contributed by atoms with van der Waals surface area (Å²) in [6.07, 6.45) is 1.25. The van der Waals surface area contributed by atoms with Crippen LogP contribution in [0.2, 0.25) is 0 Å². The Morgan fingerprint density at radius 2 is 1.86 bits per heavy atom. The largest absolute Gasteiger partial charge is 0.447 e. The van der Waals surface area contributed by atoms with Crippen LogP contribution in [-0.4, -0.2) is 32.3 Å². The zero-order valence-electron chi connectivity index (χ0n) is 13.3. The van der Waals surface area contributed by atoms with Crippen LogP contribution in [0.25, 0.3) is 0 Å². The van der Waals surface area contributed by atoms with E-state index in [1.807, 2.05) is 13.8 Å². The van der Waals surface area contributed by atoms with Gasteiger partial charge in [0, 0.05) is 24.4 Å². The molecule has 0 aliphatic carbocycles. The van der Waals surface area contributed by atoms with E-state index in [9.17, 15) is 9.59 Å². The Morgan fingerprint density at radius 3 is 2.50 bits per heavy atom. The van der Waals surface area contributed by atoms with Crippen LogP contribution in [0.1, 0.15) is 26.7 Å². The molecular weight excluding hydrogens is 284 g/mol. The number of ether oxygens (including phenoxy) is 2. The summed E-state index contributed by atoms with van der Waals surface area (Å²) in [5, 5.41) is 5.44. The van der Waals surface area contributed by atoms with Gasteiger partial charge in [0.05, 0.1) is 6.61 Å². The Hall–Kier alpha value is -2.08. The fraction of sp³-hybridized carbons (Fsp3) is 0.500. The van der Waals surface area contributed by atoms with Crippen LogP contribution < -0.4 is 10.6 Å². The molecule has 0 fully saturated rings. The van der Waals surface area contributed by atoms with Crippen LogP contribution >= 0.6 is 0 Å². The number of carbonyl (C=O) groups is 2. The molecule has 0 aliphatic heterocycles. The molecule has 1 atom stereocenters. The first-order valence-electron chi connectivity index (χ1n) is 7.40. The summed E-state index contributed by atoms with van der Waals surface area (Å²) in [7, 11) is 1.53. The molecule has 1 rings (SSSR count). The fourth-order valence-corrected chi connectivity index (χ4v) is 1.88. The number of benzene rings is 1. The minimum absolute atomic E-state index is 0.0262. The summed E-state index contributed by atoms with van der Waals surface area (Å²) in [6, 6.07) is 6.94. The predicted molar refractivity (Wildman–Crippen MR) is 86.0 cm³/mol. The zero-order valence-corrected chi connectivity index (χ0v) is 13.3. The molecule has 1 aromatic carbocycles. The second-order valence-corrected chi connectivity index (χ2v) is 5.01. The van der Waals surface area contributed by atoms with E-state index >= 15 is 0 Å². The Labute approximate surface area is 131 Å². The van der Waals surface area contributed by atoms with Gasteiger partial charge in [0.25, 0.3) is 0 Å². The maximum atomic E-state index is 12.0. The summed E-state index contributed by atoms with van der Waals surface area (Å²) >= 11 is 0. The van der Waals surface area contributed by atoms with E-state index in [4.69, 9.17) is 9.47 Å². The Morgan fingerprint density at radius 1 is 1.18 bits per heavy atom. The molecule has 0 spiro atoms. The molecule has 0 aliphatic rings. The summed E-state index contributed by atoms with van der Waals surface area (Å²) < 4.78 is 9.71. The van der Waals surface area contributed by atoms with Gasteiger partial charge in [0.2, 0.25) is 5.91 Å². The van der Waals surface area contributed by atoms with E-state index in [1.54, 1.807) is 24.3 Å². The third-order valence-corrected chi connectivity index (χ3v) is 3.07. The topological polar surface area (TPSA) is 76.7 Å². The van der Waals surface area contributed by atoms with Crippen molar-refractivity contribution in [3.63, 3.8) is 0 Å². The van der Waals surface area contributed by atoms with Crippen LogP contribution in [0.5, 0.6) is 0 Å². The SMILES string of the molecule is CCC[C@H](C)C(=O)Nc1cccc(NC(=O)OCCOC)c1. The summed E-state index contributed by atoms with van der Waals surface area (Å²) in [5.41, 5.74) is 1.20. The van der Waals surface area contributed by atoms with Gasteiger partial charge < -0.3 is 14.8 Å². The van der Waals surface area contributed by atoms with Crippen LogP contribution in [-0.2, 0) is 14.3 Å². The van der Waals surface area contributed by atoms with Crippen molar-refractivity contribution in [2.45, 2.75) is 26.7 Å². The molecule has 122 valence electrons. The number of rotatable bonds is 8. The zero-order chi connectivity index (χ0) is 16.4. The van der Waals surface area contributed by atoms with E-state index in [2.05, 4.69) is 10.6 Å². The minimum atomic E-state index is -0.556. The lowest BCUT2D eigenvalue weighted by Crippen LogP contribution is -2.20. The highest BCUT2D eigenvalue weighted by Gasteiger charge is 2.12. The quantitative estimate of drug-likeness (QED) is 0.723. The van der Waals surface area contributed by atoms with E-state index in [0.29, 0.717) is 18.0 Å². The number of methoxy groups -OCH3 is 1. The van der Waals surface area contributed by atoms with Gasteiger partial charge in [-0.2, -0.15) is 0 Å². The predicted octanol–water partition coefficient (Wildman–Crippen LogP) is 3.26. The van der Waals surface area contributed by atoms with Gasteiger partial charge >= 0.3 is 6.09 Å². The number of anilines is 2. The van der Waals surface area contributed by atoms with Crippen molar-refractivity contribution >= 4 is 23.4 Å². The lowest BCUT2D eigenvalue weighted by atomic mass is 10.1. The Kier molecular flexibility index (Phi) is 7.99. The second kappa shape index (κ2) is 9.78. The van der Waals surface area contributed by atoms with Crippen molar-refractivity contribution in [1.82, 2.24) is 0 Å². The minimum Gasteiger partial charge on any atom is -0.447 e. The standard InChI is InChI=1S/C16H24N2O4/c1-4-6-12(2)15(19)17-13-7-5-8-14(11-13)18-16(20)22-10-9-21-3/h5,7-8,11-12H,4,6,9-10H2,1-3H3,(H,17,19)(H,18,20)/t12-/m0/s1. The maximum absolute atomic E-state index is 12.0. The normalized spacial score (nSPS) is 11.6. The van der Waals surface area contributed by atoms with E-state index < -0.39 is 6.09 Å². The first-order valence-corrected chi connectivity index (χ1v) is 7.40. The highest BCUT2D eigenvalue weighted by atomic mass is 16.6. The molecule has 0 unspecified atom stereocenters. The average molecular weight is 308 g/mol. The Balaban J connectivity index is 2.55. The van der Waals surface area contributed by atoms with E-state index in [0.717, 1.165) is 12.8 Å². The smallest absolute Gasteiger partial charge is 0.411 e. The third-order valence-electron chi connectivity index (χ3n) is 3.07. The molecular formula is C16H24N2O4. The number of hydrogen-bond acceptors (Lipinski definition) is 4. The van der Waals surface area contributed by atoms with Crippen LogP contribution in [0.15, 0.2) is 24.3 Å². The second-order valence-electron chi connectivity index (χ2n) is 5.01. The van der Waals surface area contributed by atoms with Crippen molar-refractivity contribution < 1.29 is 19.1 Å². The van der Waals surface area contributed by atoms with E-state index in [-0.39, 0.29) is 18.4 Å². The third kappa shape index (κ3) is 6.58. The van der Waals surface area contributed by atoms with Crippen LogP contribution in [0, 0.1) is 5.92 Å². The Bertz CT molecular complexity index is 491. The fourth-order valence-electron chi connectivity index (χ4n) is 1.88. The van der Waals surface area contributed by atoms with Crippen molar-refractivity contribution in [3.8, 4) is 0 Å². The van der Waals surface area contributed by atoms with Crippen molar-refractivity contribution in [2.24, 2.45) is 5.92 Å². The summed E-state index contributed by atoms with van der Waals surface area (Å²) in [6.45, 7) is 4.48. The van der Waals surface area contributed by atoms with E-state index in [1.165, 1.54) is 7.11 Å². The molecule has 0 saturated heterocycles. The number of carbonyl (C=O) groups excluding carboxylic acids is 2. The van der Waals surface area contributed by atoms with Gasteiger partial charge in [-0.05, 0) is 24.6 Å². The molecule has 1 aromatic rings. The molecule has 0 saturated carbocycles. The van der Waals surface area contributed by atoms with Crippen molar-refractivity contribution in [3.05, 3.63) is 24.3 Å². The average Bonchev–Trinajstić information content (AvgIpc) is 2.48. The van der Waals surface area contributed by atoms with Gasteiger partial charge in [-0.3, -0.25) is 10.1 Å². The molecule has 0 aromatic heterocycles. The molecule has 6 heteroatoms. The first kappa shape index (κ1) is 18.0. The van der Waals surface area contributed by atoms with Gasteiger partial charge in [0.15, 0.2) is 0 Å². The maximum Gasteiger partial charge on any atom is 0.411 e. The molecule has 6 nitrogen and oxygen atoms in total. The van der Waals surface area contributed by atoms with Crippen molar-refractivity contribution in [2.75, 3.05) is 31.0 Å². The monoisotopic (exact) mass is 308 g/mol. The summed E-state index contributed by atoms with van der Waals surface area (Å²) in [5.74, 6) is -0.0673. The van der Waals surface area contributed by atoms with Crippen LogP contribution in [0.3, 0.4) is 0 Å². The molecule has 0 radical (unpaired) electrons. The van der Waals surface area contributed by atoms with Gasteiger partial charge in [-0.15, -0.1) is 0 Å². The van der Waals surface area contributed by atoms with Gasteiger partial charge in [-0.25, -0.2) is 4.79 Å². The number of nitrogens with one attached hydrogen (secondary N) is 2. The molecule has 0 bridgehead atoms. The van der Waals surface area contributed by atoms with Gasteiger partial charge in [0.1, 0.15) is 6.61 Å². The van der Waals surface area contributed by atoms with Gasteiger partial charge in [-0.1, -0.05) is 26.3 Å². The van der Waals surface area contributed by atoms with Crippen molar-refractivity contribution in [1.29, 1.82) is 0 Å². The number of hydrogen-bond donors (Lipinski definition) is 2. The molecule has 2 amide bonds. The molecule has 2 N–H and O–H groups in total. The molecule has 0 heterocycles. The van der Waals surface area contributed by atoms with Crippen LogP contribution in [0.4, 0.5) is 16.2 Å². The summed E-state index contributed by atoms with van der Waals surface area (Å²) in [4.78, 5) is 23.5. The highest BCUT2D eigenvalue weighted by Crippen LogP contribution is 2.17. The molecule has 22 heavy (non-hydrogen) atoms. The highest BCUT2D eigenvalue weighted by molar-refractivity contribution is 5.93. The lowest BCUT2D eigenvalue weighted by Gasteiger charge is -2.12. The lowest BCUT2D eigenvalue weighted by molar-refractivity contribution is -0.119.